The number of nitrogens with one attached hydrogen (secondary N) is 1. The first kappa shape index (κ1) is 20.0. The van der Waals surface area contributed by atoms with Crippen molar-refractivity contribution in [2.75, 3.05) is 7.05 Å². The van der Waals surface area contributed by atoms with Gasteiger partial charge in [-0.3, -0.25) is 4.79 Å². The number of halogens is 2. The van der Waals surface area contributed by atoms with Gasteiger partial charge in [0.2, 0.25) is 0 Å². The van der Waals surface area contributed by atoms with Crippen molar-refractivity contribution in [1.29, 1.82) is 0 Å². The fraction of sp³-hybridized carbons (Fsp3) is 0.278. The second-order valence-corrected chi connectivity index (χ2v) is 9.70. The zero-order valence-corrected chi connectivity index (χ0v) is 17.4. The highest BCUT2D eigenvalue weighted by atomic mass is 79.9. The average molecular weight is 475 g/mol. The Morgan fingerprint density at radius 1 is 1.22 bits per heavy atom. The molecular weight excluding hydrogens is 458 g/mol. The SMILES string of the molecule is CNC(=O)c1cc(C2CC2)cc(CS(=O)(=O)c2cc(Br)cc(Cl)c2O)c1O. The maximum atomic E-state index is 12.9. The van der Waals surface area contributed by atoms with Crippen molar-refractivity contribution in [2.24, 2.45) is 0 Å². The van der Waals surface area contributed by atoms with Gasteiger partial charge in [-0.25, -0.2) is 8.42 Å². The molecule has 6 nitrogen and oxygen atoms in total. The summed E-state index contributed by atoms with van der Waals surface area (Å²) >= 11 is 9.03. The predicted molar refractivity (Wildman–Crippen MR) is 105 cm³/mol. The molecule has 0 saturated heterocycles. The van der Waals surface area contributed by atoms with Gasteiger partial charge in [-0.2, -0.15) is 0 Å². The first-order valence-corrected chi connectivity index (χ1v) is 10.9. The monoisotopic (exact) mass is 473 g/mol. The number of carbonyl (C=O) groups is 1. The van der Waals surface area contributed by atoms with Crippen LogP contribution in [0, 0.1) is 0 Å². The highest BCUT2D eigenvalue weighted by Crippen LogP contribution is 2.43. The van der Waals surface area contributed by atoms with Crippen molar-refractivity contribution in [3.05, 3.63) is 50.5 Å². The second kappa shape index (κ2) is 7.33. The Morgan fingerprint density at radius 2 is 1.89 bits per heavy atom. The van der Waals surface area contributed by atoms with Crippen LogP contribution in [0.3, 0.4) is 0 Å². The summed E-state index contributed by atoms with van der Waals surface area (Å²) in [5.74, 6) is -1.76. The minimum atomic E-state index is -4.04. The van der Waals surface area contributed by atoms with Crippen molar-refractivity contribution < 1.29 is 23.4 Å². The molecule has 0 aromatic heterocycles. The number of rotatable bonds is 5. The zero-order valence-electron chi connectivity index (χ0n) is 14.3. The molecule has 1 aliphatic carbocycles. The van der Waals surface area contributed by atoms with E-state index in [1.165, 1.54) is 19.2 Å². The molecule has 3 rings (SSSR count). The van der Waals surface area contributed by atoms with Gasteiger partial charge in [-0.15, -0.1) is 0 Å². The molecule has 3 N–H and O–H groups in total. The second-order valence-electron chi connectivity index (χ2n) is 6.42. The van der Waals surface area contributed by atoms with E-state index in [9.17, 15) is 23.4 Å². The maximum Gasteiger partial charge on any atom is 0.254 e. The first-order chi connectivity index (χ1) is 12.6. The normalized spacial score (nSPS) is 14.2. The third-order valence-corrected chi connectivity index (χ3v) is 6.82. The molecule has 0 heterocycles. The van der Waals surface area contributed by atoms with E-state index in [1.54, 1.807) is 12.1 Å². The van der Waals surface area contributed by atoms with E-state index in [-0.39, 0.29) is 32.7 Å². The summed E-state index contributed by atoms with van der Waals surface area (Å²) < 4.78 is 26.1. The maximum absolute atomic E-state index is 12.9. The number of phenolic OH excluding ortho intramolecular Hbond substituents is 2. The average Bonchev–Trinajstić information content (AvgIpc) is 3.44. The van der Waals surface area contributed by atoms with E-state index in [0.717, 1.165) is 18.4 Å². The summed E-state index contributed by atoms with van der Waals surface area (Å²) in [7, 11) is -2.60. The van der Waals surface area contributed by atoms with Crippen LogP contribution in [-0.2, 0) is 15.6 Å². The van der Waals surface area contributed by atoms with Crippen LogP contribution in [0.15, 0.2) is 33.6 Å². The van der Waals surface area contributed by atoms with E-state index in [4.69, 9.17) is 11.6 Å². The standard InChI is InChI=1S/C18H17BrClNO5S/c1-21-18(24)13-5-10(9-2-3-9)4-11(16(13)22)8-27(25,26)15-7-12(19)6-14(20)17(15)23/h4-7,9,22-23H,2-3,8H2,1H3,(H,21,24). The number of sulfone groups is 1. The highest BCUT2D eigenvalue weighted by Gasteiger charge is 2.29. The molecule has 27 heavy (non-hydrogen) atoms. The van der Waals surface area contributed by atoms with Crippen molar-refractivity contribution in [1.82, 2.24) is 5.32 Å². The minimum absolute atomic E-state index is 0.0311. The smallest absolute Gasteiger partial charge is 0.254 e. The molecule has 1 saturated carbocycles. The Morgan fingerprint density at radius 3 is 2.48 bits per heavy atom. The predicted octanol–water partition coefficient (Wildman–Crippen LogP) is 3.72. The number of hydrogen-bond donors (Lipinski definition) is 3. The lowest BCUT2D eigenvalue weighted by Gasteiger charge is -2.14. The third kappa shape index (κ3) is 4.07. The van der Waals surface area contributed by atoms with E-state index < -0.39 is 27.2 Å². The minimum Gasteiger partial charge on any atom is -0.507 e. The molecule has 0 atom stereocenters. The lowest BCUT2D eigenvalue weighted by Crippen LogP contribution is -2.19. The fourth-order valence-electron chi connectivity index (χ4n) is 2.85. The Labute approximate surface area is 170 Å². The van der Waals surface area contributed by atoms with Gasteiger partial charge in [0.15, 0.2) is 15.6 Å². The number of amides is 1. The largest absolute Gasteiger partial charge is 0.507 e. The van der Waals surface area contributed by atoms with Crippen LogP contribution in [0.1, 0.15) is 40.2 Å². The summed E-state index contributed by atoms with van der Waals surface area (Å²) in [6, 6.07) is 5.83. The summed E-state index contributed by atoms with van der Waals surface area (Å²) in [5.41, 5.74) is 0.949. The molecule has 0 unspecified atom stereocenters. The molecule has 0 aliphatic heterocycles. The van der Waals surface area contributed by atoms with Crippen LogP contribution in [0.2, 0.25) is 5.02 Å². The molecule has 2 aromatic carbocycles. The van der Waals surface area contributed by atoms with Crippen LogP contribution in [0.5, 0.6) is 11.5 Å². The van der Waals surface area contributed by atoms with Crippen LogP contribution in [0.4, 0.5) is 0 Å². The van der Waals surface area contributed by atoms with E-state index in [0.29, 0.717) is 4.47 Å². The molecule has 1 aliphatic rings. The zero-order chi connectivity index (χ0) is 19.9. The van der Waals surface area contributed by atoms with Gasteiger partial charge in [0.25, 0.3) is 5.91 Å². The Hall–Kier alpha value is -1.77. The van der Waals surface area contributed by atoms with E-state index in [2.05, 4.69) is 21.2 Å². The topological polar surface area (TPSA) is 104 Å². The van der Waals surface area contributed by atoms with Crippen molar-refractivity contribution >= 4 is 43.3 Å². The Bertz CT molecular complexity index is 1030. The van der Waals surface area contributed by atoms with E-state index >= 15 is 0 Å². The fourth-order valence-corrected chi connectivity index (χ4v) is 5.36. The summed E-state index contributed by atoms with van der Waals surface area (Å²) in [6.07, 6.45) is 1.90. The van der Waals surface area contributed by atoms with Gasteiger partial charge in [0.1, 0.15) is 10.6 Å². The Balaban J connectivity index is 2.09. The summed E-state index contributed by atoms with van der Waals surface area (Å²) in [6.45, 7) is 0. The van der Waals surface area contributed by atoms with Gasteiger partial charge < -0.3 is 15.5 Å². The summed E-state index contributed by atoms with van der Waals surface area (Å²) in [4.78, 5) is 11.7. The van der Waals surface area contributed by atoms with Gasteiger partial charge in [-0.05, 0) is 42.5 Å². The molecular formula is C18H17BrClNO5S. The van der Waals surface area contributed by atoms with Crippen LogP contribution < -0.4 is 5.32 Å². The van der Waals surface area contributed by atoms with Crippen LogP contribution >= 0.6 is 27.5 Å². The lowest BCUT2D eigenvalue weighted by atomic mass is 10.0. The quantitative estimate of drug-likeness (QED) is 0.613. The molecule has 2 aromatic rings. The molecule has 1 amide bonds. The van der Waals surface area contributed by atoms with Crippen molar-refractivity contribution in [3.63, 3.8) is 0 Å². The molecule has 144 valence electrons. The van der Waals surface area contributed by atoms with E-state index in [1.807, 2.05) is 0 Å². The molecule has 1 fully saturated rings. The molecule has 0 bridgehead atoms. The number of aromatic hydroxyl groups is 2. The van der Waals surface area contributed by atoms with Gasteiger partial charge in [-0.1, -0.05) is 33.6 Å². The van der Waals surface area contributed by atoms with Crippen LogP contribution in [0.25, 0.3) is 0 Å². The Kier molecular flexibility index (Phi) is 5.42. The number of benzene rings is 2. The molecule has 0 spiro atoms. The van der Waals surface area contributed by atoms with Gasteiger partial charge in [0, 0.05) is 17.1 Å². The lowest BCUT2D eigenvalue weighted by molar-refractivity contribution is 0.0960. The number of phenols is 2. The van der Waals surface area contributed by atoms with Crippen molar-refractivity contribution in [3.8, 4) is 11.5 Å². The number of carbonyl (C=O) groups excluding carboxylic acids is 1. The van der Waals surface area contributed by atoms with Gasteiger partial charge >= 0.3 is 0 Å². The van der Waals surface area contributed by atoms with Gasteiger partial charge in [0.05, 0.1) is 16.3 Å². The first-order valence-electron chi connectivity index (χ1n) is 8.12. The number of hydrogen-bond acceptors (Lipinski definition) is 5. The molecule has 9 heteroatoms. The van der Waals surface area contributed by atoms with Crippen molar-refractivity contribution in [2.45, 2.75) is 29.4 Å². The molecule has 0 radical (unpaired) electrons. The van der Waals surface area contributed by atoms with Crippen LogP contribution in [-0.4, -0.2) is 31.6 Å². The highest BCUT2D eigenvalue weighted by molar-refractivity contribution is 9.10. The third-order valence-electron chi connectivity index (χ3n) is 4.41. The summed E-state index contributed by atoms with van der Waals surface area (Å²) in [5, 5.41) is 22.9.